The van der Waals surface area contributed by atoms with Crippen molar-refractivity contribution in [3.05, 3.63) is 71.8 Å². The molecule has 0 aromatic heterocycles. The van der Waals surface area contributed by atoms with Crippen LogP contribution in [0.15, 0.2) is 60.7 Å². The molecule has 25 heteroatoms. The van der Waals surface area contributed by atoms with Gasteiger partial charge in [0, 0.05) is 49.4 Å². The Hall–Kier alpha value is -1.40. The smallest absolute Gasteiger partial charge is 0.465 e. The van der Waals surface area contributed by atoms with Gasteiger partial charge in [-0.1, -0.05) is 221 Å². The van der Waals surface area contributed by atoms with Gasteiger partial charge in [0.25, 0.3) is 0 Å². The van der Waals surface area contributed by atoms with Crippen LogP contribution in [-0.4, -0.2) is 115 Å². The molecule has 2 aromatic carbocycles. The van der Waals surface area contributed by atoms with Crippen molar-refractivity contribution in [1.82, 2.24) is 0 Å². The van der Waals surface area contributed by atoms with Crippen LogP contribution in [0.25, 0.3) is 0 Å². The fourth-order valence-corrected chi connectivity index (χ4v) is 57.5. The van der Waals surface area contributed by atoms with Gasteiger partial charge in [0.2, 0.25) is 0 Å². The molecule has 4 fully saturated rings. The minimum atomic E-state index is -4.34. The molecule has 0 spiro atoms. The minimum Gasteiger partial charge on any atom is -0.465 e. The molecule has 4 saturated heterocycles. The first-order valence-corrected chi connectivity index (χ1v) is 49.6. The van der Waals surface area contributed by atoms with Crippen molar-refractivity contribution in [2.24, 2.45) is 52.8 Å². The first-order valence-electron chi connectivity index (χ1n) is 34.3. The second-order valence-electron chi connectivity index (χ2n) is 29.0. The summed E-state index contributed by atoms with van der Waals surface area (Å²) in [4.78, 5) is 37.3. The molecule has 92 heavy (non-hydrogen) atoms. The van der Waals surface area contributed by atoms with Crippen LogP contribution in [0.1, 0.15) is 229 Å². The molecule has 0 saturated carbocycles. The third-order valence-corrected chi connectivity index (χ3v) is 53.5. The predicted octanol–water partition coefficient (Wildman–Crippen LogP) is 17.9. The summed E-state index contributed by atoms with van der Waals surface area (Å²) in [5, 5.41) is 0. The van der Waals surface area contributed by atoms with Gasteiger partial charge >= 0.3 is 82.9 Å². The molecule has 6 rings (SSSR count). The van der Waals surface area contributed by atoms with Gasteiger partial charge in [0.1, 0.15) is 6.61 Å². The first-order chi connectivity index (χ1) is 42.0. The van der Waals surface area contributed by atoms with Crippen LogP contribution in [0.5, 0.6) is 0 Å². The largest absolute Gasteiger partial charge is 0.483 e. The molecular weight excluding hydrogens is 1300 g/mol. The number of rotatable bonds is 29. The van der Waals surface area contributed by atoms with Crippen LogP contribution in [-0.2, 0) is 69.1 Å². The molecule has 2 aromatic rings. The summed E-state index contributed by atoms with van der Waals surface area (Å²) in [7, 11) is -29.9. The highest BCUT2D eigenvalue weighted by molar-refractivity contribution is 7.00. The van der Waals surface area contributed by atoms with E-state index in [9.17, 15) is 14.4 Å². The van der Waals surface area contributed by atoms with E-state index in [1.165, 1.54) is 24.0 Å². The summed E-state index contributed by atoms with van der Waals surface area (Å²) in [6.07, 6.45) is 4.24. The van der Waals surface area contributed by atoms with Crippen molar-refractivity contribution in [3.63, 3.8) is 0 Å². The zero-order valence-electron chi connectivity index (χ0n) is 60.4. The fourth-order valence-electron chi connectivity index (χ4n) is 10.7. The molecule has 4 aliphatic rings. The number of esters is 2. The van der Waals surface area contributed by atoms with Crippen LogP contribution in [0, 0.1) is 52.8 Å². The van der Waals surface area contributed by atoms with E-state index >= 15 is 0 Å². The Labute approximate surface area is 571 Å². The van der Waals surface area contributed by atoms with Gasteiger partial charge < -0.3 is 64.3 Å². The summed E-state index contributed by atoms with van der Waals surface area (Å²) in [5.41, 5.74) is 2.26. The lowest BCUT2D eigenvalue weighted by molar-refractivity contribution is -0.154. The van der Waals surface area contributed by atoms with E-state index in [1.54, 1.807) is 7.11 Å². The summed E-state index contributed by atoms with van der Waals surface area (Å²) in [5.74, 6) is 1.49. The normalized spacial score (nSPS) is 27.9. The van der Waals surface area contributed by atoms with Crippen LogP contribution in [0.4, 0.5) is 0 Å². The molecule has 0 aliphatic carbocycles. The molecule has 11 atom stereocenters. The molecule has 4 aliphatic heterocycles. The van der Waals surface area contributed by atoms with E-state index in [0.29, 0.717) is 74.2 Å². The second kappa shape index (κ2) is 40.6. The minimum absolute atomic E-state index is 0. The van der Waals surface area contributed by atoms with Gasteiger partial charge in [-0.25, -0.2) is 0 Å². The molecular formula is C67H134O17Si8. The maximum Gasteiger partial charge on any atom is 0.483 e. The highest BCUT2D eigenvalue weighted by Crippen LogP contribution is 2.52. The van der Waals surface area contributed by atoms with Crippen molar-refractivity contribution >= 4 is 82.9 Å². The van der Waals surface area contributed by atoms with Crippen LogP contribution < -0.4 is 0 Å². The molecule has 6 bridgehead atoms. The van der Waals surface area contributed by atoms with Gasteiger partial charge in [-0.15, -0.1) is 0 Å². The monoisotopic (exact) mass is 1430 g/mol. The van der Waals surface area contributed by atoms with E-state index in [1.807, 2.05) is 48.5 Å². The van der Waals surface area contributed by atoms with E-state index in [-0.39, 0.29) is 92.8 Å². The summed E-state index contributed by atoms with van der Waals surface area (Å²) in [6.45, 7) is 49.0. The molecule has 11 unspecified atom stereocenters. The lowest BCUT2D eigenvalue weighted by Crippen LogP contribution is -2.84. The van der Waals surface area contributed by atoms with Gasteiger partial charge in [-0.2, -0.15) is 0 Å². The average Bonchev–Trinajstić information content (AvgIpc) is 0.704. The Balaban J connectivity index is 0.00000103. The van der Waals surface area contributed by atoms with E-state index in [0.717, 1.165) is 6.42 Å². The summed E-state index contributed by atoms with van der Waals surface area (Å²) in [6, 6.07) is 24.3. The number of ether oxygens (including phenoxy) is 3. The van der Waals surface area contributed by atoms with Crippen LogP contribution >= 0.6 is 0 Å². The quantitative estimate of drug-likeness (QED) is 0.0460. The van der Waals surface area contributed by atoms with Gasteiger partial charge in [-0.3, -0.25) is 9.59 Å². The number of fused-ring (bicyclic) bond motifs is 4. The Morgan fingerprint density at radius 3 is 1.18 bits per heavy atom. The average molecular weight is 1440 g/mol. The van der Waals surface area contributed by atoms with Crippen molar-refractivity contribution < 1.29 is 73.9 Å². The van der Waals surface area contributed by atoms with Gasteiger partial charge in [-0.05, 0) is 116 Å². The lowest BCUT2D eigenvalue weighted by atomic mass is 9.91. The third kappa shape index (κ3) is 29.2. The standard InChI is InChI=1S/C37H82O14Si8.2C10H14.C8H16O3.2CH4/c1-18-37(16,17)36(38)40-20-19-21-54-43-53(39,23-30(4)5)44-57(26-33(10)11)47-56(25-32(8)9)42-52(22-29(2)3)41-55(45-54,24-31(6)7)48-59(49-56,28-35(14)15)51-58(46-54,50-57)27-34(12)13;2*1-3-9(2)10-7-5-4-6-8-10;1-4-7(2)8(9)11-6-5-10-3;;/h29-35,39,52H,18-28H2,1-17H3;2*4-9H,3H2,1-2H3;7H,4-6H2,1-3H3;2*1H4. The molecule has 17 nitrogen and oxygen atoms in total. The first kappa shape index (κ1) is 88.6. The fraction of sp³-hybridized carbons (Fsp3) is 0.791. The molecule has 0 radical (unpaired) electrons. The third-order valence-electron chi connectivity index (χ3n) is 15.9. The zero-order chi connectivity index (χ0) is 67.9. The van der Waals surface area contributed by atoms with Crippen molar-refractivity contribution in [1.29, 1.82) is 0 Å². The highest BCUT2D eigenvalue weighted by Gasteiger charge is 2.79. The Bertz CT molecular complexity index is 2320. The molecule has 536 valence electrons. The predicted molar refractivity (Wildman–Crippen MR) is 390 cm³/mol. The van der Waals surface area contributed by atoms with E-state index in [2.05, 4.69) is 171 Å². The highest BCUT2D eigenvalue weighted by atomic mass is 28.6. The molecule has 0 amide bonds. The Kier molecular flexibility index (Phi) is 39.1. The zero-order valence-corrected chi connectivity index (χ0v) is 68.6. The van der Waals surface area contributed by atoms with E-state index < -0.39 is 76.3 Å². The topological polar surface area (TPSA) is 184 Å². The Morgan fingerprint density at radius 2 is 0.826 bits per heavy atom. The Morgan fingerprint density at radius 1 is 0.467 bits per heavy atom. The lowest BCUT2D eigenvalue weighted by Gasteiger charge is -2.60. The number of hydrogen-bond donors (Lipinski definition) is 1. The summed E-state index contributed by atoms with van der Waals surface area (Å²) < 4.78 is 99.0. The molecule has 1 N–H and O–H groups in total. The van der Waals surface area contributed by atoms with Crippen molar-refractivity contribution in [2.45, 2.75) is 266 Å². The maximum atomic E-state index is 13.2. The van der Waals surface area contributed by atoms with Gasteiger partial charge in [0.15, 0.2) is 0 Å². The summed E-state index contributed by atoms with van der Waals surface area (Å²) >= 11 is 0. The van der Waals surface area contributed by atoms with Crippen molar-refractivity contribution in [3.8, 4) is 0 Å². The number of hydrogen-bond acceptors (Lipinski definition) is 17. The molecule has 4 heterocycles. The van der Waals surface area contributed by atoms with Crippen LogP contribution in [0.3, 0.4) is 0 Å². The maximum absolute atomic E-state index is 13.2. The van der Waals surface area contributed by atoms with Crippen LogP contribution in [0.2, 0.25) is 48.4 Å². The van der Waals surface area contributed by atoms with E-state index in [4.69, 9.17) is 59.5 Å². The number of carbonyl (C=O) groups excluding carboxylic acids is 2. The number of benzene rings is 2. The van der Waals surface area contributed by atoms with Crippen molar-refractivity contribution in [2.75, 3.05) is 26.9 Å². The number of methoxy groups -OCH3 is 1. The second-order valence-corrected chi connectivity index (χ2v) is 52.1. The van der Waals surface area contributed by atoms with Gasteiger partial charge in [0.05, 0.1) is 24.5 Å². The number of carbonyl (C=O) groups is 2. The SMILES string of the molecule is C.C.CCC(C)(C)C(=O)OCCC[Si]12O[Si](O)(CC(C)C)O[Si]3(CC(C)C)O[Si]4(CC(C)C)O[SiH](CC(C)C)O[Si](CC(C)C)(O1)O[Si](CC(C)C)(O4)O[Si](CC(C)C)(O2)O3.CCC(C)C(=O)OCCOC.CCC(C)c1ccccc1.CCC(C)c1ccccc1.